The fourth-order valence-corrected chi connectivity index (χ4v) is 3.36. The monoisotopic (exact) mass is 266 g/mol. The minimum Gasteiger partial charge on any atom is -0.365 e. The molecule has 104 valence electrons. The largest absolute Gasteiger partial charge is 0.365 e. The minimum absolute atomic E-state index is 0.206. The summed E-state index contributed by atoms with van der Waals surface area (Å²) < 4.78 is 6.48. The zero-order chi connectivity index (χ0) is 13.9. The number of hydrogen-bond acceptors (Lipinski definition) is 1. The first-order valence-corrected chi connectivity index (χ1v) is 7.51. The summed E-state index contributed by atoms with van der Waals surface area (Å²) in [6.07, 6.45) is 1.62. The van der Waals surface area contributed by atoms with Gasteiger partial charge in [0.1, 0.15) is 0 Å². The highest BCUT2D eigenvalue weighted by atomic mass is 16.5. The zero-order valence-electron chi connectivity index (χ0n) is 12.2. The normalized spacial score (nSPS) is 30.1. The third-order valence-corrected chi connectivity index (χ3v) is 4.33. The van der Waals surface area contributed by atoms with Gasteiger partial charge in [-0.05, 0) is 29.4 Å². The Labute approximate surface area is 121 Å². The van der Waals surface area contributed by atoms with Gasteiger partial charge in [-0.3, -0.25) is 0 Å². The lowest BCUT2D eigenvalue weighted by atomic mass is 9.81. The second kappa shape index (κ2) is 5.80. The van der Waals surface area contributed by atoms with E-state index in [2.05, 4.69) is 74.5 Å². The molecule has 0 bridgehead atoms. The molecular weight excluding hydrogens is 244 g/mol. The summed E-state index contributed by atoms with van der Waals surface area (Å²) >= 11 is 0. The Bertz CT molecular complexity index is 485. The van der Waals surface area contributed by atoms with Crippen molar-refractivity contribution in [2.24, 2.45) is 11.8 Å². The van der Waals surface area contributed by atoms with E-state index in [1.165, 1.54) is 17.5 Å². The predicted octanol–water partition coefficient (Wildman–Crippen LogP) is 5.16. The van der Waals surface area contributed by atoms with Gasteiger partial charge in [0.25, 0.3) is 0 Å². The van der Waals surface area contributed by atoms with E-state index in [1.807, 2.05) is 0 Å². The summed E-state index contributed by atoms with van der Waals surface area (Å²) in [5.74, 6) is 1.12. The molecule has 1 heteroatoms. The average molecular weight is 266 g/mol. The van der Waals surface area contributed by atoms with Gasteiger partial charge in [0.15, 0.2) is 0 Å². The lowest BCUT2D eigenvalue weighted by Gasteiger charge is -2.39. The van der Waals surface area contributed by atoms with Crippen LogP contribution in [-0.2, 0) is 4.74 Å². The zero-order valence-corrected chi connectivity index (χ0v) is 12.2. The Kier molecular flexibility index (Phi) is 3.88. The lowest BCUT2D eigenvalue weighted by molar-refractivity contribution is -0.112. The van der Waals surface area contributed by atoms with Gasteiger partial charge >= 0.3 is 0 Å². The third kappa shape index (κ3) is 2.64. The quantitative estimate of drug-likeness (QED) is 0.729. The molecule has 0 N–H and O–H groups in total. The summed E-state index contributed by atoms with van der Waals surface area (Å²) in [6, 6.07) is 21.2. The minimum atomic E-state index is 0.206. The van der Waals surface area contributed by atoms with Crippen molar-refractivity contribution in [3.8, 4) is 0 Å². The van der Waals surface area contributed by atoms with Gasteiger partial charge in [0.05, 0.1) is 12.2 Å². The smallest absolute Gasteiger partial charge is 0.0859 e. The van der Waals surface area contributed by atoms with Crippen molar-refractivity contribution in [2.75, 3.05) is 0 Å². The Morgan fingerprint density at radius 3 is 1.50 bits per heavy atom. The molecule has 2 aromatic rings. The summed E-state index contributed by atoms with van der Waals surface area (Å²) in [5.41, 5.74) is 2.60. The van der Waals surface area contributed by atoms with E-state index >= 15 is 0 Å². The van der Waals surface area contributed by atoms with E-state index < -0.39 is 0 Å². The summed E-state index contributed by atoms with van der Waals surface area (Å²) in [4.78, 5) is 0. The summed E-state index contributed by atoms with van der Waals surface area (Å²) in [6.45, 7) is 4.60. The SMILES string of the molecule is CC1CC(C)C(c2ccccc2)OC1c1ccccc1. The molecule has 0 amide bonds. The molecule has 0 radical (unpaired) electrons. The molecule has 1 aliphatic rings. The maximum atomic E-state index is 6.48. The van der Waals surface area contributed by atoms with Crippen molar-refractivity contribution in [1.82, 2.24) is 0 Å². The molecule has 1 fully saturated rings. The molecular formula is C19H22O. The summed E-state index contributed by atoms with van der Waals surface area (Å²) in [5, 5.41) is 0. The number of benzene rings is 2. The predicted molar refractivity (Wildman–Crippen MR) is 82.4 cm³/mol. The highest BCUT2D eigenvalue weighted by molar-refractivity contribution is 5.22. The van der Waals surface area contributed by atoms with Crippen molar-refractivity contribution in [3.05, 3.63) is 71.8 Å². The number of hydrogen-bond donors (Lipinski definition) is 0. The second-order valence-electron chi connectivity index (χ2n) is 5.99. The van der Waals surface area contributed by atoms with E-state index in [1.54, 1.807) is 0 Å². The molecule has 4 atom stereocenters. The molecule has 0 aromatic heterocycles. The molecule has 1 heterocycles. The number of rotatable bonds is 2. The molecule has 0 aliphatic carbocycles. The third-order valence-electron chi connectivity index (χ3n) is 4.33. The first kappa shape index (κ1) is 13.4. The lowest BCUT2D eigenvalue weighted by Crippen LogP contribution is -2.29. The van der Waals surface area contributed by atoms with Crippen LogP contribution in [0.4, 0.5) is 0 Å². The van der Waals surface area contributed by atoms with Gasteiger partial charge in [-0.2, -0.15) is 0 Å². The Morgan fingerprint density at radius 2 is 1.10 bits per heavy atom. The number of ether oxygens (including phenoxy) is 1. The average Bonchev–Trinajstić information content (AvgIpc) is 2.49. The van der Waals surface area contributed by atoms with Crippen molar-refractivity contribution in [1.29, 1.82) is 0 Å². The summed E-state index contributed by atoms with van der Waals surface area (Å²) in [7, 11) is 0. The molecule has 3 rings (SSSR count). The maximum absolute atomic E-state index is 6.48. The van der Waals surface area contributed by atoms with E-state index in [4.69, 9.17) is 4.74 Å². The Hall–Kier alpha value is -1.60. The van der Waals surface area contributed by atoms with Crippen molar-refractivity contribution >= 4 is 0 Å². The fraction of sp³-hybridized carbons (Fsp3) is 0.368. The second-order valence-corrected chi connectivity index (χ2v) is 5.99. The first-order valence-electron chi connectivity index (χ1n) is 7.51. The molecule has 4 unspecified atom stereocenters. The highest BCUT2D eigenvalue weighted by Gasteiger charge is 2.34. The van der Waals surface area contributed by atoms with E-state index in [9.17, 15) is 0 Å². The fourth-order valence-electron chi connectivity index (χ4n) is 3.36. The van der Waals surface area contributed by atoms with E-state index in [0.29, 0.717) is 11.8 Å². The Morgan fingerprint density at radius 1 is 0.700 bits per heavy atom. The van der Waals surface area contributed by atoms with Crippen LogP contribution in [0.15, 0.2) is 60.7 Å². The molecule has 2 aromatic carbocycles. The Balaban J connectivity index is 1.87. The topological polar surface area (TPSA) is 9.23 Å². The van der Waals surface area contributed by atoms with Crippen LogP contribution in [0.5, 0.6) is 0 Å². The maximum Gasteiger partial charge on any atom is 0.0859 e. The standard InChI is InChI=1S/C19H22O/c1-14-13-15(2)19(17-11-7-4-8-12-17)20-18(14)16-9-5-3-6-10-16/h3-12,14-15,18-19H,13H2,1-2H3. The van der Waals surface area contributed by atoms with Crippen LogP contribution in [0.2, 0.25) is 0 Å². The van der Waals surface area contributed by atoms with Gasteiger partial charge in [-0.25, -0.2) is 0 Å². The molecule has 20 heavy (non-hydrogen) atoms. The van der Waals surface area contributed by atoms with Gasteiger partial charge < -0.3 is 4.74 Å². The van der Waals surface area contributed by atoms with E-state index in [-0.39, 0.29) is 12.2 Å². The van der Waals surface area contributed by atoms with Crippen molar-refractivity contribution < 1.29 is 4.74 Å². The first-order chi connectivity index (χ1) is 9.75. The molecule has 0 saturated carbocycles. The molecule has 0 spiro atoms. The van der Waals surface area contributed by atoms with Crippen LogP contribution >= 0.6 is 0 Å². The van der Waals surface area contributed by atoms with E-state index in [0.717, 1.165) is 0 Å². The van der Waals surface area contributed by atoms with Crippen LogP contribution in [0.25, 0.3) is 0 Å². The van der Waals surface area contributed by atoms with Crippen LogP contribution < -0.4 is 0 Å². The van der Waals surface area contributed by atoms with Crippen LogP contribution in [0.3, 0.4) is 0 Å². The van der Waals surface area contributed by atoms with Gasteiger partial charge in [-0.1, -0.05) is 74.5 Å². The molecule has 1 saturated heterocycles. The highest BCUT2D eigenvalue weighted by Crippen LogP contribution is 2.45. The van der Waals surface area contributed by atoms with Crippen molar-refractivity contribution in [3.63, 3.8) is 0 Å². The van der Waals surface area contributed by atoms with Crippen molar-refractivity contribution in [2.45, 2.75) is 32.5 Å². The van der Waals surface area contributed by atoms with Gasteiger partial charge in [0, 0.05) is 0 Å². The molecule has 1 nitrogen and oxygen atoms in total. The van der Waals surface area contributed by atoms with Gasteiger partial charge in [-0.15, -0.1) is 0 Å². The van der Waals surface area contributed by atoms with Crippen LogP contribution in [0.1, 0.15) is 43.6 Å². The molecule has 1 aliphatic heterocycles. The van der Waals surface area contributed by atoms with Crippen LogP contribution in [0, 0.1) is 11.8 Å². The van der Waals surface area contributed by atoms with Gasteiger partial charge in [0.2, 0.25) is 0 Å². The van der Waals surface area contributed by atoms with Crippen LogP contribution in [-0.4, -0.2) is 0 Å².